The second-order valence-corrected chi connectivity index (χ2v) is 28.5. The van der Waals surface area contributed by atoms with Crippen LogP contribution in [0.5, 0.6) is 0 Å². The Hall–Kier alpha value is -6.32. The predicted molar refractivity (Wildman–Crippen MR) is 339 cm³/mol. The molecular weight excluding hydrogens is 952 g/mol. The van der Waals surface area contributed by atoms with E-state index in [1.54, 1.807) is 50.2 Å². The van der Waals surface area contributed by atoms with Crippen LogP contribution < -0.4 is 0 Å². The Morgan fingerprint density at radius 2 is 1.43 bits per heavy atom. The molecular formula is C76H85BN2. The van der Waals surface area contributed by atoms with Crippen LogP contribution in [0.2, 0.25) is 0 Å². The monoisotopic (exact) mass is 1040 g/mol. The van der Waals surface area contributed by atoms with Gasteiger partial charge in [0.1, 0.15) is 7.85 Å². The third-order valence-corrected chi connectivity index (χ3v) is 20.3. The summed E-state index contributed by atoms with van der Waals surface area (Å²) >= 11 is 0. The van der Waals surface area contributed by atoms with Gasteiger partial charge >= 0.3 is 0 Å². The highest BCUT2D eigenvalue weighted by Gasteiger charge is 2.61. The number of para-hydroxylation sites is 1. The van der Waals surface area contributed by atoms with Crippen molar-refractivity contribution in [1.29, 1.82) is 0 Å². The minimum Gasteiger partial charge on any atom is -0.361 e. The number of nitrogens with zero attached hydrogens (tertiary/aromatic N) is 2. The van der Waals surface area contributed by atoms with Crippen molar-refractivity contribution in [3.63, 3.8) is 0 Å². The van der Waals surface area contributed by atoms with Crippen LogP contribution in [0.4, 0.5) is 0 Å². The predicted octanol–water partition coefficient (Wildman–Crippen LogP) is 19.1. The molecule has 0 saturated heterocycles. The number of hydrogen-bond donors (Lipinski definition) is 0. The molecule has 3 heteroatoms. The van der Waals surface area contributed by atoms with E-state index in [2.05, 4.69) is 246 Å². The fourth-order valence-electron chi connectivity index (χ4n) is 16.5. The van der Waals surface area contributed by atoms with Gasteiger partial charge in [-0.25, -0.2) is 0 Å². The number of rotatable bonds is 6. The van der Waals surface area contributed by atoms with Gasteiger partial charge in [-0.1, -0.05) is 185 Å². The fraction of sp³-hybridized carbons (Fsp3) is 0.395. The molecule has 3 aromatic carbocycles. The van der Waals surface area contributed by atoms with Crippen molar-refractivity contribution in [3.05, 3.63) is 240 Å². The Morgan fingerprint density at radius 1 is 0.722 bits per heavy atom. The Kier molecular flexibility index (Phi) is 12.3. The summed E-state index contributed by atoms with van der Waals surface area (Å²) in [4.78, 5) is 2.87. The summed E-state index contributed by atoms with van der Waals surface area (Å²) < 4.78 is 2.46. The quantitative estimate of drug-likeness (QED) is 0.175. The highest BCUT2D eigenvalue weighted by atomic mass is 15.2. The molecule has 4 aromatic rings. The Labute approximate surface area is 475 Å². The SMILES string of the molecule is B/C=C1/C2=C(C=CCC2)C(C)(C)/C1=C/CN(C1=CCC(c2ccc3c(c2)c2ccc(C)cc2n3-c2ccccc2)C=C1)C1C=C(C(C)(C)C)C2=C(C1)C1(C3=C(C=CCC3)C3=C1CCC=C3)C1=C2C=C(C(C)(C)C)CC1C(C)(C)C. The first kappa shape index (κ1) is 52.1. The zero-order chi connectivity index (χ0) is 55.1. The van der Waals surface area contributed by atoms with E-state index in [-0.39, 0.29) is 39.0 Å². The lowest BCUT2D eigenvalue weighted by atomic mass is 9.55. The van der Waals surface area contributed by atoms with Crippen molar-refractivity contribution < 1.29 is 0 Å². The maximum Gasteiger partial charge on any atom is 0.130 e. The van der Waals surface area contributed by atoms with Gasteiger partial charge in [0.25, 0.3) is 0 Å². The van der Waals surface area contributed by atoms with Crippen LogP contribution in [0, 0.1) is 39.9 Å². The lowest BCUT2D eigenvalue weighted by molar-refractivity contribution is 0.236. The number of aromatic nitrogens is 1. The number of allylic oxidation sites excluding steroid dienone is 23. The van der Waals surface area contributed by atoms with Crippen molar-refractivity contribution >= 4 is 29.7 Å². The zero-order valence-electron chi connectivity index (χ0n) is 50.1. The van der Waals surface area contributed by atoms with E-state index in [4.69, 9.17) is 0 Å². The van der Waals surface area contributed by atoms with Gasteiger partial charge in [0.2, 0.25) is 0 Å². The summed E-state index contributed by atoms with van der Waals surface area (Å²) in [6.07, 6.45) is 40.7. The molecule has 9 aliphatic carbocycles. The van der Waals surface area contributed by atoms with E-state index in [0.29, 0.717) is 5.92 Å². The van der Waals surface area contributed by atoms with Crippen LogP contribution in [0.15, 0.2) is 229 Å². The molecule has 1 spiro atoms. The first-order chi connectivity index (χ1) is 37.7. The first-order valence-electron chi connectivity index (χ1n) is 30.5. The van der Waals surface area contributed by atoms with Crippen molar-refractivity contribution in [2.45, 2.75) is 153 Å². The minimum atomic E-state index is -0.209. The lowest BCUT2D eigenvalue weighted by Crippen LogP contribution is -2.41. The second-order valence-electron chi connectivity index (χ2n) is 28.5. The molecule has 0 fully saturated rings. The van der Waals surface area contributed by atoms with E-state index in [9.17, 15) is 0 Å². The summed E-state index contributed by atoms with van der Waals surface area (Å²) in [5.74, 6) is 3.12. The molecule has 9 aliphatic rings. The average Bonchev–Trinajstić information content (AvgIpc) is 1.84. The van der Waals surface area contributed by atoms with Crippen molar-refractivity contribution in [2.75, 3.05) is 6.54 Å². The highest BCUT2D eigenvalue weighted by Crippen LogP contribution is 2.72. The van der Waals surface area contributed by atoms with Gasteiger partial charge in [-0.3, -0.25) is 0 Å². The Bertz CT molecular complexity index is 3720. The molecule has 0 N–H and O–H groups in total. The van der Waals surface area contributed by atoms with Crippen molar-refractivity contribution in [3.8, 4) is 5.69 Å². The van der Waals surface area contributed by atoms with Crippen LogP contribution in [0.3, 0.4) is 0 Å². The standard InChI is InChI=1S/C76H85BN2/c1-47-30-36-57-58-41-49(33-37-68(58)79(69(57)40-47)52-22-14-13-15-23-52)48-31-34-51(35-32-48)78(39-38-62-60(46-77)56-26-16-19-27-61(56)75(62,11)12)53-44-65(73(5,6)7)70-59-42-50(72(2,3)4)43-67(74(8,9)10)71(59)76(66(70)45-53)63-28-20-17-24-54(63)55-25-18-21-29-64(55)76/h13-15,17-19,22-25,27,30-31,33-38,40-42,44,46,48,53,67H,16,20-21,26,28-29,32,39,43,45,77H2,1-12H3/b60-46-,62-38+. The van der Waals surface area contributed by atoms with E-state index in [1.807, 2.05) is 0 Å². The molecule has 0 bridgehead atoms. The van der Waals surface area contributed by atoms with E-state index in [0.717, 1.165) is 64.3 Å². The number of hydrogen-bond acceptors (Lipinski definition) is 1. The van der Waals surface area contributed by atoms with Gasteiger partial charge in [-0.05, 0) is 207 Å². The summed E-state index contributed by atoms with van der Waals surface area (Å²) in [5, 5.41) is 2.65. The van der Waals surface area contributed by atoms with Gasteiger partial charge in [0, 0.05) is 40.0 Å². The average molecular weight is 1040 g/mol. The summed E-state index contributed by atoms with van der Waals surface area (Å²) in [6.45, 7) is 30.6. The van der Waals surface area contributed by atoms with Crippen LogP contribution in [0.1, 0.15) is 151 Å². The maximum atomic E-state index is 2.87. The van der Waals surface area contributed by atoms with Gasteiger partial charge < -0.3 is 9.47 Å². The molecule has 1 heterocycles. The van der Waals surface area contributed by atoms with Gasteiger partial charge in [-0.2, -0.15) is 0 Å². The van der Waals surface area contributed by atoms with Crippen LogP contribution in [0.25, 0.3) is 27.5 Å². The van der Waals surface area contributed by atoms with E-state index < -0.39 is 0 Å². The van der Waals surface area contributed by atoms with E-state index in [1.165, 1.54) is 72.2 Å². The minimum absolute atomic E-state index is 0.0621. The van der Waals surface area contributed by atoms with E-state index >= 15 is 0 Å². The molecule has 0 saturated carbocycles. The number of aryl methyl sites for hydroxylation is 1. The summed E-state index contributed by atoms with van der Waals surface area (Å²) in [7, 11) is 2.27. The largest absolute Gasteiger partial charge is 0.361 e. The molecule has 0 aliphatic heterocycles. The second kappa shape index (κ2) is 18.6. The maximum absolute atomic E-state index is 2.87. The highest BCUT2D eigenvalue weighted by molar-refractivity contribution is 6.18. The van der Waals surface area contributed by atoms with Gasteiger partial charge in [0.05, 0.1) is 22.5 Å². The Balaban J connectivity index is 0.968. The van der Waals surface area contributed by atoms with Crippen molar-refractivity contribution in [2.24, 2.45) is 33.0 Å². The van der Waals surface area contributed by atoms with Crippen molar-refractivity contribution in [1.82, 2.24) is 9.47 Å². The van der Waals surface area contributed by atoms with Gasteiger partial charge in [-0.15, -0.1) is 5.98 Å². The van der Waals surface area contributed by atoms with Crippen LogP contribution >= 0.6 is 0 Å². The summed E-state index contributed by atoms with van der Waals surface area (Å²) in [6, 6.07) is 25.3. The van der Waals surface area contributed by atoms with Crippen LogP contribution in [-0.4, -0.2) is 29.9 Å². The van der Waals surface area contributed by atoms with Gasteiger partial charge in [0.15, 0.2) is 0 Å². The smallest absolute Gasteiger partial charge is 0.130 e. The normalized spacial score (nSPS) is 25.3. The number of benzene rings is 3. The third-order valence-electron chi connectivity index (χ3n) is 20.3. The number of fused-ring (bicyclic) bond motifs is 9. The molecule has 79 heavy (non-hydrogen) atoms. The zero-order valence-corrected chi connectivity index (χ0v) is 50.1. The lowest BCUT2D eigenvalue weighted by Gasteiger charge is -2.49. The fourth-order valence-corrected chi connectivity index (χ4v) is 16.5. The molecule has 3 unspecified atom stereocenters. The third kappa shape index (κ3) is 8.07. The molecule has 3 atom stereocenters. The first-order valence-corrected chi connectivity index (χ1v) is 30.5. The molecule has 13 rings (SSSR count). The summed E-state index contributed by atoms with van der Waals surface area (Å²) in [5.41, 5.74) is 29.9. The molecule has 2 nitrogen and oxygen atoms in total. The molecule has 0 radical (unpaired) electrons. The van der Waals surface area contributed by atoms with Crippen LogP contribution in [-0.2, 0) is 0 Å². The topological polar surface area (TPSA) is 8.17 Å². The molecule has 1 aromatic heterocycles. The Morgan fingerprint density at radius 3 is 2.09 bits per heavy atom. The molecule has 0 amide bonds. The molecule has 402 valence electrons.